The Labute approximate surface area is 145 Å². The molecule has 0 atom stereocenters. The summed E-state index contributed by atoms with van der Waals surface area (Å²) in [6, 6.07) is 16.1. The van der Waals surface area contributed by atoms with Gasteiger partial charge >= 0.3 is 0 Å². The Bertz CT molecular complexity index is 912. The van der Waals surface area contributed by atoms with Gasteiger partial charge in [0.25, 0.3) is 0 Å². The molecular weight excluding hydrogens is 320 g/mol. The van der Waals surface area contributed by atoms with Gasteiger partial charge in [-0.3, -0.25) is 9.56 Å². The number of hydrogen-bond donors (Lipinski definition) is 1. The maximum atomic E-state index is 6.28. The van der Waals surface area contributed by atoms with Crippen LogP contribution in [0.1, 0.15) is 22.6 Å². The lowest BCUT2D eigenvalue weighted by Crippen LogP contribution is -2.11. The molecule has 2 heterocycles. The third-order valence-corrected chi connectivity index (χ3v) is 4.42. The van der Waals surface area contributed by atoms with Gasteiger partial charge in [0.15, 0.2) is 0 Å². The van der Waals surface area contributed by atoms with Crippen molar-refractivity contribution in [2.75, 3.05) is 6.54 Å². The van der Waals surface area contributed by atoms with Crippen molar-refractivity contribution in [3.05, 3.63) is 82.4 Å². The first-order valence-corrected chi connectivity index (χ1v) is 8.31. The molecule has 2 N–H and O–H groups in total. The molecule has 120 valence electrons. The molecule has 1 aliphatic heterocycles. The van der Waals surface area contributed by atoms with Gasteiger partial charge in [0, 0.05) is 34.5 Å². The summed E-state index contributed by atoms with van der Waals surface area (Å²) in [6.45, 7) is 1.11. The number of nitrogens with zero attached hydrogens (tertiary/aromatic N) is 3. The fourth-order valence-electron chi connectivity index (χ4n) is 3.13. The van der Waals surface area contributed by atoms with Crippen LogP contribution in [0.5, 0.6) is 0 Å². The topological polar surface area (TPSA) is 56.2 Å². The van der Waals surface area contributed by atoms with Gasteiger partial charge in [0.05, 0.1) is 17.9 Å². The molecule has 3 aromatic rings. The molecule has 1 aromatic heterocycles. The second-order valence-corrected chi connectivity index (χ2v) is 6.17. The number of hydrogen-bond acceptors (Lipinski definition) is 3. The largest absolute Gasteiger partial charge is 0.330 e. The highest BCUT2D eigenvalue weighted by atomic mass is 35.5. The molecule has 0 saturated carbocycles. The molecule has 2 aromatic carbocycles. The molecule has 0 saturated heterocycles. The molecule has 24 heavy (non-hydrogen) atoms. The Kier molecular flexibility index (Phi) is 3.92. The third-order valence-electron chi connectivity index (χ3n) is 4.19. The molecular formula is C19H17ClN4. The van der Waals surface area contributed by atoms with Crippen molar-refractivity contribution in [1.29, 1.82) is 0 Å². The molecule has 4 rings (SSSR count). The van der Waals surface area contributed by atoms with Crippen molar-refractivity contribution in [1.82, 2.24) is 9.55 Å². The van der Waals surface area contributed by atoms with Crippen LogP contribution in [0, 0.1) is 0 Å². The van der Waals surface area contributed by atoms with Crippen LogP contribution >= 0.6 is 11.6 Å². The zero-order valence-electron chi connectivity index (χ0n) is 13.1. The van der Waals surface area contributed by atoms with E-state index in [4.69, 9.17) is 22.3 Å². The maximum Gasteiger partial charge on any atom is 0.135 e. The highest BCUT2D eigenvalue weighted by Gasteiger charge is 2.21. The van der Waals surface area contributed by atoms with Crippen LogP contribution in [-0.4, -0.2) is 21.8 Å². The van der Waals surface area contributed by atoms with Crippen LogP contribution in [-0.2, 0) is 13.0 Å². The molecule has 1 aliphatic rings. The maximum absolute atomic E-state index is 6.28. The highest BCUT2D eigenvalue weighted by Crippen LogP contribution is 2.28. The lowest BCUT2D eigenvalue weighted by Gasteiger charge is -2.14. The van der Waals surface area contributed by atoms with Crippen LogP contribution < -0.4 is 5.73 Å². The zero-order valence-corrected chi connectivity index (χ0v) is 13.9. The Balaban J connectivity index is 1.96. The van der Waals surface area contributed by atoms with E-state index in [0.717, 1.165) is 40.5 Å². The third kappa shape index (κ3) is 2.54. The molecule has 0 radical (unpaired) electrons. The summed E-state index contributed by atoms with van der Waals surface area (Å²) in [7, 11) is 0. The standard InChI is InChI=1S/C19H17ClN4/c20-14-6-7-17-16(10-14)19(13-4-2-1-3-5-13)23-12-18-22-11-15(8-9-21)24(17)18/h1-7,10-11H,8-9,12,21H2. The minimum absolute atomic E-state index is 0.529. The van der Waals surface area contributed by atoms with Gasteiger partial charge in [-0.1, -0.05) is 41.9 Å². The first-order valence-electron chi connectivity index (χ1n) is 7.93. The number of aliphatic imine (C=N–C) groups is 1. The Hall–Kier alpha value is -2.43. The summed E-state index contributed by atoms with van der Waals surface area (Å²) in [5, 5.41) is 0.696. The van der Waals surface area contributed by atoms with Gasteiger partial charge in [-0.25, -0.2) is 4.98 Å². The fraction of sp³-hybridized carbons (Fsp3) is 0.158. The fourth-order valence-corrected chi connectivity index (χ4v) is 3.30. The van der Waals surface area contributed by atoms with Crippen LogP contribution in [0.2, 0.25) is 5.02 Å². The van der Waals surface area contributed by atoms with Crippen molar-refractivity contribution in [2.45, 2.75) is 13.0 Å². The quantitative estimate of drug-likeness (QED) is 0.797. The van der Waals surface area contributed by atoms with Crippen LogP contribution in [0.25, 0.3) is 5.69 Å². The van der Waals surface area contributed by atoms with Crippen LogP contribution in [0.3, 0.4) is 0 Å². The van der Waals surface area contributed by atoms with E-state index in [1.165, 1.54) is 0 Å². The lowest BCUT2D eigenvalue weighted by molar-refractivity contribution is 0.820. The van der Waals surface area contributed by atoms with Crippen molar-refractivity contribution >= 4 is 17.3 Å². The van der Waals surface area contributed by atoms with Crippen molar-refractivity contribution in [3.63, 3.8) is 0 Å². The molecule has 5 heteroatoms. The molecule has 0 unspecified atom stereocenters. The first kappa shape index (κ1) is 15.1. The average molecular weight is 337 g/mol. The van der Waals surface area contributed by atoms with Crippen molar-refractivity contribution in [2.24, 2.45) is 10.7 Å². The van der Waals surface area contributed by atoms with Gasteiger partial charge in [-0.2, -0.15) is 0 Å². The number of fused-ring (bicyclic) bond motifs is 3. The number of imidazole rings is 1. The Morgan fingerprint density at radius 1 is 1.12 bits per heavy atom. The van der Waals surface area contributed by atoms with E-state index in [-0.39, 0.29) is 0 Å². The Morgan fingerprint density at radius 2 is 1.96 bits per heavy atom. The molecule has 0 bridgehead atoms. The van der Waals surface area contributed by atoms with E-state index in [1.54, 1.807) is 0 Å². The van der Waals surface area contributed by atoms with Crippen molar-refractivity contribution in [3.8, 4) is 5.69 Å². The minimum Gasteiger partial charge on any atom is -0.330 e. The minimum atomic E-state index is 0.529. The smallest absolute Gasteiger partial charge is 0.135 e. The average Bonchev–Trinajstić information content (AvgIpc) is 2.92. The van der Waals surface area contributed by atoms with Crippen LogP contribution in [0.15, 0.2) is 59.7 Å². The number of rotatable bonds is 3. The zero-order chi connectivity index (χ0) is 16.5. The molecule has 0 amide bonds. The summed E-state index contributed by atoms with van der Waals surface area (Å²) in [5.41, 5.74) is 10.9. The van der Waals surface area contributed by atoms with Gasteiger partial charge < -0.3 is 5.73 Å². The van der Waals surface area contributed by atoms with Gasteiger partial charge in [-0.15, -0.1) is 0 Å². The lowest BCUT2D eigenvalue weighted by atomic mass is 10.0. The predicted octanol–water partition coefficient (Wildman–Crippen LogP) is 3.38. The van der Waals surface area contributed by atoms with Crippen LogP contribution in [0.4, 0.5) is 0 Å². The summed E-state index contributed by atoms with van der Waals surface area (Å²) in [5.74, 6) is 0.924. The normalized spacial score (nSPS) is 13.0. The van der Waals surface area contributed by atoms with E-state index >= 15 is 0 Å². The number of aromatic nitrogens is 2. The first-order chi connectivity index (χ1) is 11.8. The second kappa shape index (κ2) is 6.23. The monoisotopic (exact) mass is 336 g/mol. The van der Waals surface area contributed by atoms with Gasteiger partial charge in [0.1, 0.15) is 5.82 Å². The van der Waals surface area contributed by atoms with Crippen molar-refractivity contribution < 1.29 is 0 Å². The summed E-state index contributed by atoms with van der Waals surface area (Å²) < 4.78 is 2.16. The SMILES string of the molecule is NCCc1cnc2n1-c1ccc(Cl)cc1C(c1ccccc1)=NC2. The number of halogens is 1. The number of nitrogens with two attached hydrogens (primary N) is 1. The summed E-state index contributed by atoms with van der Waals surface area (Å²) in [6.07, 6.45) is 2.67. The van der Waals surface area contributed by atoms with Gasteiger partial charge in [-0.05, 0) is 24.7 Å². The van der Waals surface area contributed by atoms with E-state index in [2.05, 4.69) is 21.7 Å². The molecule has 0 fully saturated rings. The predicted molar refractivity (Wildman–Crippen MR) is 97.1 cm³/mol. The molecule has 0 spiro atoms. The van der Waals surface area contributed by atoms with E-state index < -0.39 is 0 Å². The van der Waals surface area contributed by atoms with E-state index in [9.17, 15) is 0 Å². The van der Waals surface area contributed by atoms with E-state index in [1.807, 2.05) is 42.6 Å². The summed E-state index contributed by atoms with van der Waals surface area (Å²) in [4.78, 5) is 9.39. The molecule has 0 aliphatic carbocycles. The molecule has 4 nitrogen and oxygen atoms in total. The van der Waals surface area contributed by atoms with E-state index in [0.29, 0.717) is 18.1 Å². The second-order valence-electron chi connectivity index (χ2n) is 5.73. The summed E-state index contributed by atoms with van der Waals surface area (Å²) >= 11 is 6.28. The Morgan fingerprint density at radius 3 is 2.75 bits per heavy atom. The van der Waals surface area contributed by atoms with Gasteiger partial charge in [0.2, 0.25) is 0 Å². The highest BCUT2D eigenvalue weighted by molar-refractivity contribution is 6.31. The number of benzene rings is 2.